The van der Waals surface area contributed by atoms with Gasteiger partial charge in [-0.1, -0.05) is 17.3 Å². The number of halogens is 1. The van der Waals surface area contributed by atoms with Crippen molar-refractivity contribution in [2.45, 2.75) is 37.8 Å². The Balaban J connectivity index is 1.43. The first-order valence-electron chi connectivity index (χ1n) is 11.5. The Morgan fingerprint density at radius 3 is 2.64 bits per heavy atom. The van der Waals surface area contributed by atoms with Gasteiger partial charge in [0, 0.05) is 37.0 Å². The van der Waals surface area contributed by atoms with E-state index in [1.807, 2.05) is 24.3 Å². The molecule has 11 heteroatoms. The molecule has 1 aliphatic rings. The Kier molecular flexibility index (Phi) is 6.20. The standard InChI is InChI=1S/C25H25FN6O4/c1-15-28-23(36-30-15)17-5-3-16(4-6-17)21-7-9-25(34,10-12-32(21)35)24-29-20(13-22(33)31(24)2)18-8-11-27-14-19(18)26/h3-6,8,11,13-14,21,34-35H,7,9-10,12H2,1-2H3. The first-order chi connectivity index (χ1) is 17.2. The highest BCUT2D eigenvalue weighted by Gasteiger charge is 2.39. The third kappa shape index (κ3) is 4.43. The van der Waals surface area contributed by atoms with Crippen LogP contribution in [0.5, 0.6) is 0 Å². The Hall–Kier alpha value is -3.80. The Labute approximate surface area is 205 Å². The normalized spacial score (nSPS) is 20.9. The van der Waals surface area contributed by atoms with Gasteiger partial charge >= 0.3 is 0 Å². The van der Waals surface area contributed by atoms with Gasteiger partial charge in [0.05, 0.1) is 17.9 Å². The molecule has 2 atom stereocenters. The minimum absolute atomic E-state index is 0.120. The zero-order chi connectivity index (χ0) is 25.4. The molecule has 186 valence electrons. The van der Waals surface area contributed by atoms with Crippen LogP contribution in [0.3, 0.4) is 0 Å². The number of hydrogen-bond acceptors (Lipinski definition) is 9. The summed E-state index contributed by atoms with van der Waals surface area (Å²) in [5.41, 5.74) is -0.0864. The largest absolute Gasteiger partial charge is 0.382 e. The number of benzene rings is 1. The van der Waals surface area contributed by atoms with Crippen LogP contribution in [0, 0.1) is 12.7 Å². The van der Waals surface area contributed by atoms with Crippen LogP contribution in [0.25, 0.3) is 22.7 Å². The molecule has 0 saturated carbocycles. The van der Waals surface area contributed by atoms with Gasteiger partial charge in [-0.3, -0.25) is 14.3 Å². The first kappa shape index (κ1) is 23.9. The highest BCUT2D eigenvalue weighted by atomic mass is 19.1. The van der Waals surface area contributed by atoms with Crippen LogP contribution in [0.4, 0.5) is 4.39 Å². The van der Waals surface area contributed by atoms with E-state index in [2.05, 4.69) is 20.1 Å². The second-order valence-electron chi connectivity index (χ2n) is 8.99. The summed E-state index contributed by atoms with van der Waals surface area (Å²) in [6.07, 6.45) is 3.20. The summed E-state index contributed by atoms with van der Waals surface area (Å²) in [7, 11) is 1.52. The summed E-state index contributed by atoms with van der Waals surface area (Å²) in [6.45, 7) is 1.88. The quantitative estimate of drug-likeness (QED) is 0.441. The van der Waals surface area contributed by atoms with Crippen LogP contribution in [0.2, 0.25) is 0 Å². The van der Waals surface area contributed by atoms with Crippen LogP contribution in [0.1, 0.15) is 42.5 Å². The van der Waals surface area contributed by atoms with Gasteiger partial charge in [-0.2, -0.15) is 10.0 Å². The van der Waals surface area contributed by atoms with E-state index >= 15 is 0 Å². The van der Waals surface area contributed by atoms with Crippen molar-refractivity contribution in [2.75, 3.05) is 6.54 Å². The average Bonchev–Trinajstić information content (AvgIpc) is 3.24. The molecule has 4 aromatic rings. The van der Waals surface area contributed by atoms with Crippen LogP contribution in [-0.2, 0) is 12.6 Å². The SMILES string of the molecule is Cc1noc(-c2ccc(C3CCC(O)(c4nc(-c5ccncc5F)cc(=O)n4C)CCN3O)cc2)n1. The lowest BCUT2D eigenvalue weighted by Crippen LogP contribution is -2.36. The van der Waals surface area contributed by atoms with Gasteiger partial charge in [0.25, 0.3) is 11.4 Å². The van der Waals surface area contributed by atoms with Crippen molar-refractivity contribution in [1.29, 1.82) is 0 Å². The number of hydrogen-bond donors (Lipinski definition) is 2. The van der Waals surface area contributed by atoms with Gasteiger partial charge in [0.15, 0.2) is 11.6 Å². The molecule has 36 heavy (non-hydrogen) atoms. The molecular weight excluding hydrogens is 467 g/mol. The lowest BCUT2D eigenvalue weighted by molar-refractivity contribution is -0.129. The summed E-state index contributed by atoms with van der Waals surface area (Å²) in [5, 5.41) is 27.4. The van der Waals surface area contributed by atoms with Crippen molar-refractivity contribution in [1.82, 2.24) is 29.7 Å². The molecule has 2 unspecified atom stereocenters. The molecule has 0 aliphatic carbocycles. The van der Waals surface area contributed by atoms with Gasteiger partial charge in [0.1, 0.15) is 11.4 Å². The molecule has 1 saturated heterocycles. The maximum absolute atomic E-state index is 14.3. The van der Waals surface area contributed by atoms with Crippen molar-refractivity contribution in [3.8, 4) is 22.7 Å². The van der Waals surface area contributed by atoms with Crippen molar-refractivity contribution in [2.24, 2.45) is 7.05 Å². The smallest absolute Gasteiger partial charge is 0.257 e. The van der Waals surface area contributed by atoms with Gasteiger partial charge in [-0.05, 0) is 49.9 Å². The van der Waals surface area contributed by atoms with Crippen LogP contribution >= 0.6 is 0 Å². The zero-order valence-corrected chi connectivity index (χ0v) is 19.8. The Morgan fingerprint density at radius 2 is 1.94 bits per heavy atom. The second kappa shape index (κ2) is 9.34. The fourth-order valence-corrected chi connectivity index (χ4v) is 4.61. The molecule has 2 N–H and O–H groups in total. The van der Waals surface area contributed by atoms with E-state index in [1.165, 1.54) is 35.0 Å². The van der Waals surface area contributed by atoms with Crippen molar-refractivity contribution in [3.63, 3.8) is 0 Å². The van der Waals surface area contributed by atoms with E-state index in [0.717, 1.165) is 17.3 Å². The zero-order valence-electron chi connectivity index (χ0n) is 19.8. The predicted octanol–water partition coefficient (Wildman–Crippen LogP) is 3.14. The van der Waals surface area contributed by atoms with Gasteiger partial charge in [-0.15, -0.1) is 0 Å². The summed E-state index contributed by atoms with van der Waals surface area (Å²) < 4.78 is 20.8. The van der Waals surface area contributed by atoms with E-state index in [4.69, 9.17) is 4.52 Å². The van der Waals surface area contributed by atoms with E-state index in [9.17, 15) is 19.5 Å². The molecule has 0 radical (unpaired) electrons. The number of pyridine rings is 1. The van der Waals surface area contributed by atoms with Crippen molar-refractivity contribution < 1.29 is 19.2 Å². The summed E-state index contributed by atoms with van der Waals surface area (Å²) in [5.74, 6) is 0.459. The average molecular weight is 493 g/mol. The third-order valence-corrected chi connectivity index (χ3v) is 6.62. The highest BCUT2D eigenvalue weighted by molar-refractivity contribution is 5.58. The molecule has 4 heterocycles. The van der Waals surface area contributed by atoms with Gasteiger partial charge < -0.3 is 14.8 Å². The lowest BCUT2D eigenvalue weighted by Gasteiger charge is -2.28. The highest BCUT2D eigenvalue weighted by Crippen LogP contribution is 2.38. The van der Waals surface area contributed by atoms with Crippen LogP contribution in [0.15, 0.2) is 58.1 Å². The van der Waals surface area contributed by atoms with E-state index in [-0.39, 0.29) is 36.5 Å². The number of aliphatic hydroxyl groups is 1. The molecule has 10 nitrogen and oxygen atoms in total. The van der Waals surface area contributed by atoms with Crippen molar-refractivity contribution >= 4 is 0 Å². The molecule has 0 amide bonds. The minimum atomic E-state index is -1.51. The number of aromatic nitrogens is 5. The molecule has 1 aromatic carbocycles. The van der Waals surface area contributed by atoms with E-state index < -0.39 is 23.0 Å². The molecule has 5 rings (SSSR count). The fraction of sp³-hybridized carbons (Fsp3) is 0.320. The summed E-state index contributed by atoms with van der Waals surface area (Å²) >= 11 is 0. The maximum atomic E-state index is 14.3. The van der Waals surface area contributed by atoms with Crippen LogP contribution < -0.4 is 5.56 Å². The maximum Gasteiger partial charge on any atom is 0.257 e. The van der Waals surface area contributed by atoms with Gasteiger partial charge in [-0.25, -0.2) is 9.37 Å². The second-order valence-corrected chi connectivity index (χ2v) is 8.99. The number of nitrogens with zero attached hydrogens (tertiary/aromatic N) is 6. The molecule has 1 aliphatic heterocycles. The first-order valence-corrected chi connectivity index (χ1v) is 11.5. The lowest BCUT2D eigenvalue weighted by atomic mass is 9.90. The number of rotatable bonds is 4. The Morgan fingerprint density at radius 1 is 1.17 bits per heavy atom. The predicted molar refractivity (Wildman–Crippen MR) is 126 cm³/mol. The number of hydroxylamine groups is 2. The summed E-state index contributed by atoms with van der Waals surface area (Å²) in [4.78, 5) is 25.2. The number of aryl methyl sites for hydroxylation is 1. The minimum Gasteiger partial charge on any atom is -0.382 e. The topological polar surface area (TPSA) is 130 Å². The van der Waals surface area contributed by atoms with Gasteiger partial charge in [0.2, 0.25) is 0 Å². The van der Waals surface area contributed by atoms with Crippen molar-refractivity contribution in [3.05, 3.63) is 82.2 Å². The monoisotopic (exact) mass is 492 g/mol. The molecule has 0 bridgehead atoms. The fourth-order valence-electron chi connectivity index (χ4n) is 4.61. The molecule has 1 fully saturated rings. The van der Waals surface area contributed by atoms with Crippen LogP contribution in [-0.4, -0.2) is 46.6 Å². The summed E-state index contributed by atoms with van der Waals surface area (Å²) in [6, 6.07) is 9.69. The molecule has 3 aromatic heterocycles. The molecule has 0 spiro atoms. The molecular formula is C25H25FN6O4. The Bertz CT molecular complexity index is 1450. The third-order valence-electron chi connectivity index (χ3n) is 6.62. The van der Waals surface area contributed by atoms with E-state index in [0.29, 0.717) is 18.1 Å². The van der Waals surface area contributed by atoms with E-state index in [1.54, 1.807) is 6.92 Å².